The monoisotopic (exact) mass is 267 g/mol. The second-order valence-corrected chi connectivity index (χ2v) is 5.14. The number of hydrogen-bond acceptors (Lipinski definition) is 3. The molecule has 0 spiro atoms. The quantitative estimate of drug-likeness (QED) is 0.679. The van der Waals surface area contributed by atoms with Crippen LogP contribution in [0.2, 0.25) is 0 Å². The second kappa shape index (κ2) is 4.27. The zero-order valence-corrected chi connectivity index (χ0v) is 11.2. The van der Waals surface area contributed by atoms with E-state index in [1.54, 1.807) is 24.3 Å². The Kier molecular flexibility index (Phi) is 2.67. The van der Waals surface area contributed by atoms with E-state index in [4.69, 9.17) is 0 Å². The Balaban J connectivity index is 2.31. The SMILES string of the molecule is CC(C)n1cc2c(cc1=O)C(=O)c1ccccc1C2=O. The highest BCUT2D eigenvalue weighted by molar-refractivity contribution is 6.28. The van der Waals surface area contributed by atoms with Gasteiger partial charge in [-0.1, -0.05) is 24.3 Å². The van der Waals surface area contributed by atoms with Crippen molar-refractivity contribution in [1.82, 2.24) is 4.57 Å². The molecule has 0 N–H and O–H groups in total. The average molecular weight is 267 g/mol. The van der Waals surface area contributed by atoms with Gasteiger partial charge in [0.2, 0.25) is 0 Å². The molecule has 0 radical (unpaired) electrons. The number of nitrogens with zero attached hydrogens (tertiary/aromatic N) is 1. The number of ketones is 2. The molecule has 3 rings (SSSR count). The summed E-state index contributed by atoms with van der Waals surface area (Å²) < 4.78 is 1.47. The Morgan fingerprint density at radius 1 is 0.850 bits per heavy atom. The number of aromatic nitrogens is 1. The molecule has 100 valence electrons. The van der Waals surface area contributed by atoms with Gasteiger partial charge in [0.05, 0.1) is 5.56 Å². The molecule has 1 aromatic heterocycles. The highest BCUT2D eigenvalue weighted by Crippen LogP contribution is 2.26. The van der Waals surface area contributed by atoms with Gasteiger partial charge in [-0.25, -0.2) is 0 Å². The number of benzene rings is 1. The van der Waals surface area contributed by atoms with Crippen molar-refractivity contribution >= 4 is 11.6 Å². The molecule has 4 nitrogen and oxygen atoms in total. The Hall–Kier alpha value is -2.49. The van der Waals surface area contributed by atoms with Crippen molar-refractivity contribution in [3.8, 4) is 0 Å². The van der Waals surface area contributed by atoms with Crippen molar-refractivity contribution in [2.45, 2.75) is 19.9 Å². The molecule has 0 saturated heterocycles. The van der Waals surface area contributed by atoms with Gasteiger partial charge in [0.1, 0.15) is 0 Å². The predicted octanol–water partition coefficient (Wildman–Crippen LogP) is 2.20. The van der Waals surface area contributed by atoms with Crippen molar-refractivity contribution in [3.63, 3.8) is 0 Å². The van der Waals surface area contributed by atoms with Gasteiger partial charge in [-0.15, -0.1) is 0 Å². The molecule has 0 atom stereocenters. The van der Waals surface area contributed by atoms with E-state index in [1.807, 2.05) is 13.8 Å². The first-order valence-electron chi connectivity index (χ1n) is 6.45. The summed E-state index contributed by atoms with van der Waals surface area (Å²) in [5, 5.41) is 0. The normalized spacial score (nSPS) is 13.3. The molecule has 0 saturated carbocycles. The van der Waals surface area contributed by atoms with Crippen molar-refractivity contribution in [1.29, 1.82) is 0 Å². The molecule has 20 heavy (non-hydrogen) atoms. The Bertz CT molecular complexity index is 800. The zero-order chi connectivity index (χ0) is 14.4. The summed E-state index contributed by atoms with van der Waals surface area (Å²) in [5.41, 5.74) is 1.02. The average Bonchev–Trinajstić information content (AvgIpc) is 2.44. The molecule has 0 amide bonds. The minimum absolute atomic E-state index is 0.0622. The third-order valence-electron chi connectivity index (χ3n) is 3.54. The van der Waals surface area contributed by atoms with Gasteiger partial charge in [-0.05, 0) is 13.8 Å². The lowest BCUT2D eigenvalue weighted by molar-refractivity contribution is 0.0978. The minimum Gasteiger partial charge on any atom is -0.312 e. The Morgan fingerprint density at radius 2 is 1.40 bits per heavy atom. The number of carbonyl (C=O) groups is 2. The van der Waals surface area contributed by atoms with Crippen molar-refractivity contribution in [2.75, 3.05) is 0 Å². The number of hydrogen-bond donors (Lipinski definition) is 0. The third kappa shape index (κ3) is 1.65. The molecule has 4 heteroatoms. The van der Waals surface area contributed by atoms with E-state index in [-0.39, 0.29) is 28.7 Å². The Morgan fingerprint density at radius 3 is 1.95 bits per heavy atom. The van der Waals surface area contributed by atoms with E-state index in [2.05, 4.69) is 0 Å². The van der Waals surface area contributed by atoms with Gasteiger partial charge in [0.25, 0.3) is 5.56 Å². The van der Waals surface area contributed by atoms with E-state index < -0.39 is 0 Å². The zero-order valence-electron chi connectivity index (χ0n) is 11.2. The molecule has 1 aliphatic carbocycles. The third-order valence-corrected chi connectivity index (χ3v) is 3.54. The Labute approximate surface area is 115 Å². The van der Waals surface area contributed by atoms with Gasteiger partial charge in [-0.3, -0.25) is 14.4 Å². The number of rotatable bonds is 1. The van der Waals surface area contributed by atoms with E-state index in [0.717, 1.165) is 0 Å². The highest BCUT2D eigenvalue weighted by Gasteiger charge is 2.30. The molecule has 2 aromatic rings. The molecule has 1 aliphatic rings. The van der Waals surface area contributed by atoms with Crippen LogP contribution in [0.25, 0.3) is 0 Å². The maximum Gasteiger partial charge on any atom is 0.251 e. The molecule has 0 unspecified atom stereocenters. The number of carbonyl (C=O) groups excluding carboxylic acids is 2. The fourth-order valence-electron chi connectivity index (χ4n) is 2.49. The van der Waals surface area contributed by atoms with Crippen molar-refractivity contribution in [3.05, 3.63) is 69.1 Å². The van der Waals surface area contributed by atoms with Crippen LogP contribution in [-0.4, -0.2) is 16.1 Å². The first kappa shape index (κ1) is 12.5. The lowest BCUT2D eigenvalue weighted by Gasteiger charge is -2.19. The lowest BCUT2D eigenvalue weighted by Crippen LogP contribution is -2.29. The van der Waals surface area contributed by atoms with Crippen LogP contribution in [0.5, 0.6) is 0 Å². The molecule has 0 fully saturated rings. The summed E-state index contributed by atoms with van der Waals surface area (Å²) in [4.78, 5) is 36.9. The number of pyridine rings is 1. The van der Waals surface area contributed by atoms with Crippen LogP contribution in [0, 0.1) is 0 Å². The van der Waals surface area contributed by atoms with Crippen LogP contribution in [0.4, 0.5) is 0 Å². The topological polar surface area (TPSA) is 56.1 Å². The van der Waals surface area contributed by atoms with Crippen molar-refractivity contribution < 1.29 is 9.59 Å². The maximum absolute atomic E-state index is 12.5. The van der Waals surface area contributed by atoms with Crippen molar-refractivity contribution in [2.24, 2.45) is 0 Å². The highest BCUT2D eigenvalue weighted by atomic mass is 16.1. The molecule has 1 aromatic carbocycles. The fraction of sp³-hybridized carbons (Fsp3) is 0.188. The van der Waals surface area contributed by atoms with Gasteiger partial charge < -0.3 is 4.57 Å². The van der Waals surface area contributed by atoms with E-state index >= 15 is 0 Å². The van der Waals surface area contributed by atoms with Crippen LogP contribution in [0.1, 0.15) is 51.7 Å². The summed E-state index contributed by atoms with van der Waals surface area (Å²) in [5.74, 6) is -0.465. The molecule has 0 aliphatic heterocycles. The standard InChI is InChI=1S/C16H13NO3/c1-9(2)17-8-13-12(7-14(17)18)15(19)10-5-3-4-6-11(10)16(13)20/h3-9H,1-2H3. The first-order valence-corrected chi connectivity index (χ1v) is 6.45. The largest absolute Gasteiger partial charge is 0.312 e. The summed E-state index contributed by atoms with van der Waals surface area (Å²) >= 11 is 0. The summed E-state index contributed by atoms with van der Waals surface area (Å²) in [6.07, 6.45) is 1.50. The van der Waals surface area contributed by atoms with Crippen LogP contribution in [0.15, 0.2) is 41.3 Å². The van der Waals surface area contributed by atoms with Crippen LogP contribution >= 0.6 is 0 Å². The van der Waals surface area contributed by atoms with E-state index in [9.17, 15) is 14.4 Å². The van der Waals surface area contributed by atoms with Gasteiger partial charge >= 0.3 is 0 Å². The second-order valence-electron chi connectivity index (χ2n) is 5.14. The predicted molar refractivity (Wildman–Crippen MR) is 74.4 cm³/mol. The van der Waals surface area contributed by atoms with E-state index in [0.29, 0.717) is 16.7 Å². The lowest BCUT2D eigenvalue weighted by atomic mass is 9.85. The molecule has 0 bridgehead atoms. The van der Waals surface area contributed by atoms with Crippen LogP contribution < -0.4 is 5.56 Å². The van der Waals surface area contributed by atoms with Gasteiger partial charge in [-0.2, -0.15) is 0 Å². The van der Waals surface area contributed by atoms with Crippen LogP contribution in [-0.2, 0) is 0 Å². The first-order chi connectivity index (χ1) is 9.50. The maximum atomic E-state index is 12.5. The minimum atomic E-state index is -0.265. The van der Waals surface area contributed by atoms with Crippen LogP contribution in [0.3, 0.4) is 0 Å². The molecule has 1 heterocycles. The summed E-state index contributed by atoms with van der Waals surface area (Å²) in [7, 11) is 0. The fourth-order valence-corrected chi connectivity index (χ4v) is 2.49. The van der Waals surface area contributed by atoms with Gasteiger partial charge in [0, 0.05) is 35.0 Å². The molecular formula is C16H13NO3. The molecular weight excluding hydrogens is 254 g/mol. The van der Waals surface area contributed by atoms with Gasteiger partial charge in [0.15, 0.2) is 11.6 Å². The number of fused-ring (bicyclic) bond motifs is 2. The van der Waals surface area contributed by atoms with E-state index in [1.165, 1.54) is 16.8 Å². The summed E-state index contributed by atoms with van der Waals surface area (Å²) in [6, 6.07) is 7.91. The summed E-state index contributed by atoms with van der Waals surface area (Å²) in [6.45, 7) is 3.72. The smallest absolute Gasteiger partial charge is 0.251 e.